The van der Waals surface area contributed by atoms with Crippen molar-refractivity contribution in [1.29, 1.82) is 0 Å². The standard InChI is InChI=1S/C16H21N5O3S/c1-11(22)20-16-17-7-13(25-16)9-21-5-3-4-12(8-21)24-15-6-14(23-2)18-10-19-15/h6-7,10,12H,3-5,8-9H2,1-2H3,(H,17,20,22)/t12-/m0/s1. The fraction of sp³-hybridized carbons (Fsp3) is 0.500. The Kier molecular flexibility index (Phi) is 5.77. The lowest BCUT2D eigenvalue weighted by Crippen LogP contribution is -2.40. The topological polar surface area (TPSA) is 89.5 Å². The zero-order valence-electron chi connectivity index (χ0n) is 14.3. The number of aromatic nitrogens is 3. The quantitative estimate of drug-likeness (QED) is 0.839. The highest BCUT2D eigenvalue weighted by Crippen LogP contribution is 2.23. The van der Waals surface area contributed by atoms with Crippen molar-refractivity contribution in [2.75, 3.05) is 25.5 Å². The van der Waals surface area contributed by atoms with Crippen LogP contribution >= 0.6 is 11.3 Å². The number of amides is 1. The first-order chi connectivity index (χ1) is 12.1. The van der Waals surface area contributed by atoms with Gasteiger partial charge < -0.3 is 14.8 Å². The van der Waals surface area contributed by atoms with E-state index in [9.17, 15) is 4.79 Å². The lowest BCUT2D eigenvalue weighted by atomic mass is 10.1. The van der Waals surface area contributed by atoms with Gasteiger partial charge in [0.25, 0.3) is 0 Å². The van der Waals surface area contributed by atoms with Gasteiger partial charge in [-0.2, -0.15) is 0 Å². The number of rotatable bonds is 6. The van der Waals surface area contributed by atoms with Crippen LogP contribution < -0.4 is 14.8 Å². The maximum absolute atomic E-state index is 11.1. The second kappa shape index (κ2) is 8.21. The molecule has 1 aliphatic heterocycles. The van der Waals surface area contributed by atoms with Gasteiger partial charge in [-0.25, -0.2) is 15.0 Å². The SMILES string of the molecule is COc1cc(O[C@H]2CCCN(Cc3cnc(NC(C)=O)s3)C2)ncn1. The Morgan fingerprint density at radius 3 is 3.04 bits per heavy atom. The number of hydrogen-bond donors (Lipinski definition) is 1. The van der Waals surface area contributed by atoms with E-state index in [1.807, 2.05) is 6.20 Å². The van der Waals surface area contributed by atoms with Gasteiger partial charge >= 0.3 is 0 Å². The van der Waals surface area contributed by atoms with Crippen molar-refractivity contribution in [2.24, 2.45) is 0 Å². The first-order valence-corrected chi connectivity index (χ1v) is 8.91. The molecule has 134 valence electrons. The molecule has 0 spiro atoms. The highest BCUT2D eigenvalue weighted by molar-refractivity contribution is 7.15. The van der Waals surface area contributed by atoms with Crippen molar-refractivity contribution in [1.82, 2.24) is 19.9 Å². The van der Waals surface area contributed by atoms with Gasteiger partial charge in [-0.05, 0) is 19.4 Å². The van der Waals surface area contributed by atoms with Gasteiger partial charge in [-0.1, -0.05) is 0 Å². The molecule has 1 fully saturated rings. The summed E-state index contributed by atoms with van der Waals surface area (Å²) in [7, 11) is 1.57. The molecule has 25 heavy (non-hydrogen) atoms. The van der Waals surface area contributed by atoms with Gasteiger partial charge in [-0.3, -0.25) is 9.69 Å². The van der Waals surface area contributed by atoms with E-state index in [0.29, 0.717) is 16.9 Å². The van der Waals surface area contributed by atoms with Crippen LogP contribution in [-0.2, 0) is 11.3 Å². The number of methoxy groups -OCH3 is 1. The number of carbonyl (C=O) groups is 1. The number of thiazole rings is 1. The smallest absolute Gasteiger partial charge is 0.223 e. The second-order valence-corrected chi connectivity index (χ2v) is 6.94. The molecular weight excluding hydrogens is 342 g/mol. The molecule has 2 aromatic heterocycles. The van der Waals surface area contributed by atoms with Crippen LogP contribution in [0.3, 0.4) is 0 Å². The Morgan fingerprint density at radius 1 is 1.40 bits per heavy atom. The first kappa shape index (κ1) is 17.6. The molecule has 1 atom stereocenters. The lowest BCUT2D eigenvalue weighted by Gasteiger charge is -2.32. The zero-order valence-corrected chi connectivity index (χ0v) is 15.1. The third kappa shape index (κ3) is 5.10. The van der Waals surface area contributed by atoms with Crippen LogP contribution in [0.4, 0.5) is 5.13 Å². The Balaban J connectivity index is 1.55. The second-order valence-electron chi connectivity index (χ2n) is 5.83. The third-order valence-corrected chi connectivity index (χ3v) is 4.69. The summed E-state index contributed by atoms with van der Waals surface area (Å²) in [5.74, 6) is 0.921. The minimum Gasteiger partial charge on any atom is -0.481 e. The molecule has 0 saturated carbocycles. The summed E-state index contributed by atoms with van der Waals surface area (Å²) in [5, 5.41) is 3.35. The number of carbonyl (C=O) groups excluding carboxylic acids is 1. The van der Waals surface area contributed by atoms with E-state index in [4.69, 9.17) is 9.47 Å². The van der Waals surface area contributed by atoms with Crippen LogP contribution in [0.2, 0.25) is 0 Å². The van der Waals surface area contributed by atoms with Crippen molar-refractivity contribution >= 4 is 22.4 Å². The number of likely N-dealkylation sites (tertiary alicyclic amines) is 1. The van der Waals surface area contributed by atoms with Crippen LogP contribution in [0, 0.1) is 0 Å². The van der Waals surface area contributed by atoms with Crippen molar-refractivity contribution in [3.05, 3.63) is 23.5 Å². The van der Waals surface area contributed by atoms with Gasteiger partial charge in [0.1, 0.15) is 12.4 Å². The number of piperidine rings is 1. The number of nitrogens with one attached hydrogen (secondary N) is 1. The molecule has 8 nitrogen and oxygen atoms in total. The molecule has 1 aliphatic rings. The minimum atomic E-state index is -0.104. The molecule has 9 heteroatoms. The first-order valence-electron chi connectivity index (χ1n) is 8.09. The van der Waals surface area contributed by atoms with E-state index in [-0.39, 0.29) is 12.0 Å². The molecule has 1 N–H and O–H groups in total. The molecule has 1 amide bonds. The zero-order chi connectivity index (χ0) is 17.6. The summed E-state index contributed by atoms with van der Waals surface area (Å²) in [5.41, 5.74) is 0. The van der Waals surface area contributed by atoms with Gasteiger partial charge in [0.05, 0.1) is 13.2 Å². The van der Waals surface area contributed by atoms with E-state index < -0.39 is 0 Å². The van der Waals surface area contributed by atoms with Crippen LogP contribution in [0.15, 0.2) is 18.6 Å². The molecule has 0 bridgehead atoms. The average Bonchev–Trinajstić information content (AvgIpc) is 3.01. The number of ether oxygens (including phenoxy) is 2. The summed E-state index contributed by atoms with van der Waals surface area (Å²) >= 11 is 1.50. The van der Waals surface area contributed by atoms with Crippen LogP contribution in [0.5, 0.6) is 11.8 Å². The third-order valence-electron chi connectivity index (χ3n) is 3.79. The Hall–Kier alpha value is -2.26. The molecule has 0 unspecified atom stereocenters. The summed E-state index contributed by atoms with van der Waals surface area (Å²) < 4.78 is 11.1. The van der Waals surface area contributed by atoms with E-state index in [2.05, 4.69) is 25.2 Å². The monoisotopic (exact) mass is 363 g/mol. The van der Waals surface area contributed by atoms with Crippen LogP contribution in [0.25, 0.3) is 0 Å². The van der Waals surface area contributed by atoms with Crippen molar-refractivity contribution in [3.8, 4) is 11.8 Å². The predicted molar refractivity (Wildman–Crippen MR) is 93.9 cm³/mol. The van der Waals surface area contributed by atoms with E-state index >= 15 is 0 Å². The molecule has 3 rings (SSSR count). The van der Waals surface area contributed by atoms with Gasteiger partial charge in [-0.15, -0.1) is 11.3 Å². The molecule has 2 aromatic rings. The largest absolute Gasteiger partial charge is 0.481 e. The number of anilines is 1. The summed E-state index contributed by atoms with van der Waals surface area (Å²) in [6, 6.07) is 1.70. The maximum atomic E-state index is 11.1. The molecule has 0 aromatic carbocycles. The van der Waals surface area contributed by atoms with Gasteiger partial charge in [0, 0.05) is 31.1 Å². The molecular formula is C16H21N5O3S. The van der Waals surface area contributed by atoms with Gasteiger partial charge in [0.2, 0.25) is 17.7 Å². The van der Waals surface area contributed by atoms with Gasteiger partial charge in [0.15, 0.2) is 5.13 Å². The summed E-state index contributed by atoms with van der Waals surface area (Å²) in [6.45, 7) is 4.11. The predicted octanol–water partition coefficient (Wildman–Crippen LogP) is 1.94. The highest BCUT2D eigenvalue weighted by atomic mass is 32.1. The molecule has 0 aliphatic carbocycles. The number of hydrogen-bond acceptors (Lipinski definition) is 8. The molecule has 0 radical (unpaired) electrons. The summed E-state index contributed by atoms with van der Waals surface area (Å²) in [6.07, 6.45) is 5.38. The highest BCUT2D eigenvalue weighted by Gasteiger charge is 2.22. The fourth-order valence-electron chi connectivity index (χ4n) is 2.73. The normalized spacial score (nSPS) is 17.9. The Labute approximate surface area is 150 Å². The Bertz CT molecular complexity index is 723. The number of nitrogens with zero attached hydrogens (tertiary/aromatic N) is 4. The van der Waals surface area contributed by atoms with Crippen LogP contribution in [0.1, 0.15) is 24.6 Å². The Morgan fingerprint density at radius 2 is 2.24 bits per heavy atom. The molecule has 1 saturated heterocycles. The van der Waals surface area contributed by atoms with E-state index in [1.165, 1.54) is 24.6 Å². The molecule has 3 heterocycles. The van der Waals surface area contributed by atoms with E-state index in [1.54, 1.807) is 13.2 Å². The van der Waals surface area contributed by atoms with Crippen molar-refractivity contribution in [3.63, 3.8) is 0 Å². The van der Waals surface area contributed by atoms with Crippen molar-refractivity contribution < 1.29 is 14.3 Å². The van der Waals surface area contributed by atoms with Crippen LogP contribution in [-0.4, -0.2) is 52.1 Å². The minimum absolute atomic E-state index is 0.0797. The maximum Gasteiger partial charge on any atom is 0.223 e. The lowest BCUT2D eigenvalue weighted by molar-refractivity contribution is -0.114. The van der Waals surface area contributed by atoms with E-state index in [0.717, 1.165) is 37.4 Å². The average molecular weight is 363 g/mol. The van der Waals surface area contributed by atoms with Crippen molar-refractivity contribution in [2.45, 2.75) is 32.4 Å². The summed E-state index contributed by atoms with van der Waals surface area (Å²) in [4.78, 5) is 26.9. The fourth-order valence-corrected chi connectivity index (χ4v) is 3.63.